The molecule has 2 N–H and O–H groups in total. The van der Waals surface area contributed by atoms with E-state index in [0.717, 1.165) is 5.56 Å². The topological polar surface area (TPSA) is 81.5 Å². The molecule has 0 aliphatic carbocycles. The highest BCUT2D eigenvalue weighted by molar-refractivity contribution is 5.77. The molecule has 0 heterocycles. The van der Waals surface area contributed by atoms with E-state index < -0.39 is 0 Å². The number of aliphatic imine (C=N–C) groups is 1. The molecular formula is C10H13N3O2. The van der Waals surface area contributed by atoms with Gasteiger partial charge < -0.3 is 5.73 Å². The lowest BCUT2D eigenvalue weighted by Crippen LogP contribution is -2.07. The Morgan fingerprint density at radius 3 is 2.60 bits per heavy atom. The van der Waals surface area contributed by atoms with Gasteiger partial charge in [0.1, 0.15) is 0 Å². The Balaban J connectivity index is 2.86. The molecule has 0 radical (unpaired) electrons. The SMILES string of the molecule is CC(N)=NCc1ccccc1C[N+](=O)[O-]. The third-order valence-corrected chi connectivity index (χ3v) is 1.92. The second kappa shape index (κ2) is 5.09. The van der Waals surface area contributed by atoms with E-state index in [1.165, 1.54) is 0 Å². The van der Waals surface area contributed by atoms with Crippen molar-refractivity contribution < 1.29 is 4.92 Å². The molecule has 0 amide bonds. The highest BCUT2D eigenvalue weighted by Crippen LogP contribution is 2.10. The van der Waals surface area contributed by atoms with Crippen LogP contribution in [0, 0.1) is 10.1 Å². The van der Waals surface area contributed by atoms with E-state index in [2.05, 4.69) is 4.99 Å². The zero-order valence-corrected chi connectivity index (χ0v) is 8.51. The number of nitro groups is 1. The van der Waals surface area contributed by atoms with Crippen LogP contribution in [0.15, 0.2) is 29.3 Å². The van der Waals surface area contributed by atoms with Crippen molar-refractivity contribution in [1.82, 2.24) is 0 Å². The maximum Gasteiger partial charge on any atom is 0.229 e. The van der Waals surface area contributed by atoms with E-state index in [-0.39, 0.29) is 11.5 Å². The molecule has 0 fully saturated rings. The fourth-order valence-electron chi connectivity index (χ4n) is 1.21. The number of rotatable bonds is 4. The summed E-state index contributed by atoms with van der Waals surface area (Å²) in [5, 5.41) is 10.4. The van der Waals surface area contributed by atoms with Gasteiger partial charge in [0.25, 0.3) is 0 Å². The van der Waals surface area contributed by atoms with Crippen molar-refractivity contribution in [2.24, 2.45) is 10.7 Å². The summed E-state index contributed by atoms with van der Waals surface area (Å²) in [6, 6.07) is 7.17. The van der Waals surface area contributed by atoms with E-state index in [0.29, 0.717) is 17.9 Å². The molecule has 0 unspecified atom stereocenters. The molecular weight excluding hydrogens is 194 g/mol. The van der Waals surface area contributed by atoms with Crippen LogP contribution in [0.5, 0.6) is 0 Å². The Bertz CT molecular complexity index is 384. The molecule has 5 nitrogen and oxygen atoms in total. The lowest BCUT2D eigenvalue weighted by atomic mass is 10.1. The minimum absolute atomic E-state index is 0.171. The second-order valence-corrected chi connectivity index (χ2v) is 3.22. The minimum atomic E-state index is -0.349. The van der Waals surface area contributed by atoms with Crippen LogP contribution in [0.1, 0.15) is 18.1 Å². The van der Waals surface area contributed by atoms with Gasteiger partial charge in [-0.1, -0.05) is 24.3 Å². The van der Waals surface area contributed by atoms with Crippen molar-refractivity contribution in [3.05, 3.63) is 45.5 Å². The van der Waals surface area contributed by atoms with Gasteiger partial charge in [-0.05, 0) is 12.5 Å². The molecule has 0 spiro atoms. The standard InChI is InChI=1S/C10H13N3O2/c1-8(11)12-6-9-4-2-3-5-10(9)7-13(14)15/h2-5H,6-7H2,1H3,(H2,11,12). The molecule has 1 aromatic carbocycles. The number of hydrogen-bond donors (Lipinski definition) is 1. The van der Waals surface area contributed by atoms with Gasteiger partial charge in [-0.2, -0.15) is 0 Å². The maximum atomic E-state index is 10.4. The first-order valence-corrected chi connectivity index (χ1v) is 4.54. The number of amidine groups is 1. The Hall–Kier alpha value is -1.91. The van der Waals surface area contributed by atoms with Crippen LogP contribution in [0.3, 0.4) is 0 Å². The Kier molecular flexibility index (Phi) is 3.79. The Morgan fingerprint density at radius 2 is 2.07 bits per heavy atom. The minimum Gasteiger partial charge on any atom is -0.388 e. The van der Waals surface area contributed by atoms with Crippen LogP contribution < -0.4 is 5.73 Å². The number of hydrogen-bond acceptors (Lipinski definition) is 3. The van der Waals surface area contributed by atoms with Crippen LogP contribution >= 0.6 is 0 Å². The summed E-state index contributed by atoms with van der Waals surface area (Å²) in [6.45, 7) is 1.91. The molecule has 1 aromatic rings. The highest BCUT2D eigenvalue weighted by Gasteiger charge is 2.06. The van der Waals surface area contributed by atoms with E-state index >= 15 is 0 Å². The molecule has 0 aliphatic heterocycles. The second-order valence-electron chi connectivity index (χ2n) is 3.22. The van der Waals surface area contributed by atoms with Gasteiger partial charge in [0.15, 0.2) is 0 Å². The van der Waals surface area contributed by atoms with E-state index in [1.807, 2.05) is 12.1 Å². The molecule has 80 valence electrons. The number of nitrogens with zero attached hydrogens (tertiary/aromatic N) is 2. The normalized spacial score (nSPS) is 11.4. The Morgan fingerprint density at radius 1 is 1.47 bits per heavy atom. The summed E-state index contributed by atoms with van der Waals surface area (Å²) >= 11 is 0. The van der Waals surface area contributed by atoms with Crippen LogP contribution in [0.2, 0.25) is 0 Å². The Labute approximate surface area is 87.8 Å². The first-order chi connectivity index (χ1) is 7.09. The van der Waals surface area contributed by atoms with Crippen molar-refractivity contribution in [2.75, 3.05) is 0 Å². The smallest absolute Gasteiger partial charge is 0.229 e. The van der Waals surface area contributed by atoms with Gasteiger partial charge in [-0.15, -0.1) is 0 Å². The van der Waals surface area contributed by atoms with Crippen molar-refractivity contribution in [3.8, 4) is 0 Å². The lowest BCUT2D eigenvalue weighted by Gasteiger charge is -2.03. The van der Waals surface area contributed by atoms with Crippen LogP contribution in [-0.2, 0) is 13.1 Å². The average molecular weight is 207 g/mol. The van der Waals surface area contributed by atoms with E-state index in [9.17, 15) is 10.1 Å². The van der Waals surface area contributed by atoms with Gasteiger partial charge in [0, 0.05) is 10.5 Å². The summed E-state index contributed by atoms with van der Waals surface area (Å²) in [7, 11) is 0. The third kappa shape index (κ3) is 3.76. The number of benzene rings is 1. The monoisotopic (exact) mass is 207 g/mol. The predicted molar refractivity (Wildman–Crippen MR) is 58.1 cm³/mol. The van der Waals surface area contributed by atoms with Gasteiger partial charge in [0.2, 0.25) is 6.54 Å². The fourth-order valence-corrected chi connectivity index (χ4v) is 1.21. The summed E-state index contributed by atoms with van der Waals surface area (Å²) in [6.07, 6.45) is 0. The van der Waals surface area contributed by atoms with E-state index in [4.69, 9.17) is 5.73 Å². The molecule has 0 aromatic heterocycles. The first-order valence-electron chi connectivity index (χ1n) is 4.54. The van der Waals surface area contributed by atoms with Crippen molar-refractivity contribution in [3.63, 3.8) is 0 Å². The maximum absolute atomic E-state index is 10.4. The molecule has 0 saturated carbocycles. The summed E-state index contributed by atoms with van der Waals surface area (Å²) < 4.78 is 0. The lowest BCUT2D eigenvalue weighted by molar-refractivity contribution is -0.496. The van der Waals surface area contributed by atoms with Crippen molar-refractivity contribution in [2.45, 2.75) is 20.0 Å². The molecule has 0 bridgehead atoms. The van der Waals surface area contributed by atoms with Crippen LogP contribution in [0.25, 0.3) is 0 Å². The molecule has 0 atom stereocenters. The first kappa shape index (κ1) is 11.2. The summed E-state index contributed by atoms with van der Waals surface area (Å²) in [4.78, 5) is 14.1. The molecule has 5 heteroatoms. The number of nitrogens with two attached hydrogens (primary N) is 1. The fraction of sp³-hybridized carbons (Fsp3) is 0.300. The van der Waals surface area contributed by atoms with Crippen LogP contribution in [0.4, 0.5) is 0 Å². The largest absolute Gasteiger partial charge is 0.388 e. The summed E-state index contributed by atoms with van der Waals surface area (Å²) in [5.74, 6) is 0.478. The van der Waals surface area contributed by atoms with Gasteiger partial charge in [0.05, 0.1) is 12.4 Å². The molecule has 15 heavy (non-hydrogen) atoms. The zero-order chi connectivity index (χ0) is 11.3. The molecule has 0 saturated heterocycles. The van der Waals surface area contributed by atoms with Gasteiger partial charge >= 0.3 is 0 Å². The van der Waals surface area contributed by atoms with Crippen molar-refractivity contribution >= 4 is 5.84 Å². The van der Waals surface area contributed by atoms with Gasteiger partial charge in [-0.25, -0.2) is 0 Å². The third-order valence-electron chi connectivity index (χ3n) is 1.92. The average Bonchev–Trinajstić information content (AvgIpc) is 2.15. The highest BCUT2D eigenvalue weighted by atomic mass is 16.6. The predicted octanol–water partition coefficient (Wildman–Crippen LogP) is 1.34. The quantitative estimate of drug-likeness (QED) is 0.350. The zero-order valence-electron chi connectivity index (χ0n) is 8.51. The van der Waals surface area contributed by atoms with Crippen LogP contribution in [-0.4, -0.2) is 10.8 Å². The summed E-state index contributed by atoms with van der Waals surface area (Å²) in [5.41, 5.74) is 6.94. The molecule has 0 aliphatic rings. The molecule has 1 rings (SSSR count). The van der Waals surface area contributed by atoms with Crippen molar-refractivity contribution in [1.29, 1.82) is 0 Å². The van der Waals surface area contributed by atoms with E-state index in [1.54, 1.807) is 19.1 Å². The van der Waals surface area contributed by atoms with Gasteiger partial charge in [-0.3, -0.25) is 15.1 Å².